The van der Waals surface area contributed by atoms with E-state index in [0.717, 1.165) is 6.42 Å². The lowest BCUT2D eigenvalue weighted by atomic mass is 10.5. The topological polar surface area (TPSA) is 179 Å². The van der Waals surface area contributed by atoms with Gasteiger partial charge < -0.3 is 25.7 Å². The van der Waals surface area contributed by atoms with Crippen molar-refractivity contribution >= 4 is 28.1 Å². The summed E-state index contributed by atoms with van der Waals surface area (Å²) in [7, 11) is -3.75. The summed E-state index contributed by atoms with van der Waals surface area (Å²) in [6, 6.07) is 0. The van der Waals surface area contributed by atoms with E-state index in [1.54, 1.807) is 4.90 Å². The Bertz CT molecular complexity index is 609. The molecule has 0 fully saturated rings. The zero-order chi connectivity index (χ0) is 18.7. The van der Waals surface area contributed by atoms with Crippen molar-refractivity contribution in [3.63, 3.8) is 0 Å². The highest BCUT2D eigenvalue weighted by Gasteiger charge is 2.13. The second kappa shape index (κ2) is 10.9. The number of hydrogen-bond acceptors (Lipinski definition) is 10. The van der Waals surface area contributed by atoms with Gasteiger partial charge in [0.15, 0.2) is 0 Å². The van der Waals surface area contributed by atoms with Gasteiger partial charge in [-0.3, -0.25) is 0 Å². The molecule has 144 valence electrons. The maximum absolute atomic E-state index is 10.8. The summed E-state index contributed by atoms with van der Waals surface area (Å²) >= 11 is 0. The van der Waals surface area contributed by atoms with Crippen LogP contribution in [0.25, 0.3) is 0 Å². The largest absolute Gasteiger partial charge is 0.395 e. The van der Waals surface area contributed by atoms with Crippen LogP contribution in [0, 0.1) is 0 Å². The van der Waals surface area contributed by atoms with Crippen LogP contribution in [0.1, 0.15) is 13.3 Å². The van der Waals surface area contributed by atoms with Gasteiger partial charge in [-0.05, 0) is 6.42 Å². The van der Waals surface area contributed by atoms with Crippen molar-refractivity contribution in [1.29, 1.82) is 0 Å². The molecule has 0 bridgehead atoms. The molecular formula is C12H26N8O4S. The molecule has 0 unspecified atom stereocenters. The smallest absolute Gasteiger partial charge is 0.274 e. The maximum Gasteiger partial charge on any atom is 0.274 e. The number of rotatable bonds is 13. The molecule has 0 saturated carbocycles. The Morgan fingerprint density at radius 1 is 1.00 bits per heavy atom. The molecule has 0 atom stereocenters. The van der Waals surface area contributed by atoms with E-state index in [-0.39, 0.29) is 45.3 Å². The molecule has 0 radical (unpaired) electrons. The molecule has 7 N–H and O–H groups in total. The Morgan fingerprint density at radius 3 is 2.04 bits per heavy atom. The number of nitrogens with zero attached hydrogens (tertiary/aromatic N) is 4. The Hall–Kier alpha value is -1.80. The van der Waals surface area contributed by atoms with Gasteiger partial charge in [0.1, 0.15) is 0 Å². The monoisotopic (exact) mass is 378 g/mol. The van der Waals surface area contributed by atoms with Gasteiger partial charge in [-0.15, -0.1) is 0 Å². The van der Waals surface area contributed by atoms with Crippen LogP contribution in [0.2, 0.25) is 0 Å². The molecule has 0 saturated heterocycles. The summed E-state index contributed by atoms with van der Waals surface area (Å²) < 4.78 is 23.8. The SMILES string of the molecule is CCCNc1nc(NCCNS(N)(=O)=O)nc(N(CCO)CCO)n1. The van der Waals surface area contributed by atoms with E-state index in [9.17, 15) is 8.42 Å². The van der Waals surface area contributed by atoms with Gasteiger partial charge >= 0.3 is 0 Å². The van der Waals surface area contributed by atoms with Gasteiger partial charge in [-0.25, -0.2) is 9.86 Å². The quantitative estimate of drug-likeness (QED) is 0.204. The second-order valence-electron chi connectivity index (χ2n) is 5.01. The first-order chi connectivity index (χ1) is 11.9. The van der Waals surface area contributed by atoms with Gasteiger partial charge in [0.2, 0.25) is 17.8 Å². The van der Waals surface area contributed by atoms with Crippen LogP contribution in [0.3, 0.4) is 0 Å². The van der Waals surface area contributed by atoms with E-state index in [1.807, 2.05) is 6.92 Å². The van der Waals surface area contributed by atoms with Crippen molar-refractivity contribution in [3.05, 3.63) is 0 Å². The normalized spacial score (nSPS) is 11.4. The third-order valence-corrected chi connectivity index (χ3v) is 3.50. The zero-order valence-corrected chi connectivity index (χ0v) is 15.0. The summed E-state index contributed by atoms with van der Waals surface area (Å²) in [6.07, 6.45) is 0.874. The first-order valence-electron chi connectivity index (χ1n) is 7.87. The van der Waals surface area contributed by atoms with E-state index in [2.05, 4.69) is 30.3 Å². The zero-order valence-electron chi connectivity index (χ0n) is 14.1. The van der Waals surface area contributed by atoms with Crippen LogP contribution < -0.4 is 25.4 Å². The molecule has 1 rings (SSSR count). The van der Waals surface area contributed by atoms with Crippen molar-refractivity contribution in [1.82, 2.24) is 19.7 Å². The summed E-state index contributed by atoms with van der Waals surface area (Å²) in [4.78, 5) is 14.3. The summed E-state index contributed by atoms with van der Waals surface area (Å²) in [5, 5.41) is 29.1. The fraction of sp³-hybridized carbons (Fsp3) is 0.750. The molecular weight excluding hydrogens is 352 g/mol. The summed E-state index contributed by atoms with van der Waals surface area (Å²) in [6.45, 7) is 3.21. The highest BCUT2D eigenvalue weighted by Crippen LogP contribution is 2.13. The predicted octanol–water partition coefficient (Wildman–Crippen LogP) is -2.31. The van der Waals surface area contributed by atoms with Crippen molar-refractivity contribution in [2.75, 3.05) is 61.5 Å². The standard InChI is InChI=1S/C12H26N8O4S/c1-2-3-14-10-17-11(15-4-5-16-25(13,23)24)19-12(18-10)20(6-8-21)7-9-22/h16,21-22H,2-9H2,1H3,(H2,13,23,24)(H2,14,15,17,18,19). The molecule has 0 aliphatic rings. The van der Waals surface area contributed by atoms with Crippen LogP contribution in [-0.2, 0) is 10.2 Å². The highest BCUT2D eigenvalue weighted by molar-refractivity contribution is 7.87. The number of aliphatic hydroxyl groups is 2. The summed E-state index contributed by atoms with van der Waals surface area (Å²) in [5.41, 5.74) is 0. The lowest BCUT2D eigenvalue weighted by Crippen LogP contribution is -2.34. The van der Waals surface area contributed by atoms with Crippen molar-refractivity contribution in [3.8, 4) is 0 Å². The molecule has 1 aromatic heterocycles. The molecule has 0 spiro atoms. The van der Waals surface area contributed by atoms with Gasteiger partial charge in [0, 0.05) is 32.7 Å². The van der Waals surface area contributed by atoms with Crippen molar-refractivity contribution in [2.24, 2.45) is 5.14 Å². The van der Waals surface area contributed by atoms with Crippen LogP contribution in [0.15, 0.2) is 0 Å². The molecule has 0 aliphatic carbocycles. The Morgan fingerprint density at radius 2 is 1.56 bits per heavy atom. The number of anilines is 3. The molecule has 13 heteroatoms. The average molecular weight is 378 g/mol. The number of nitrogens with one attached hydrogen (secondary N) is 3. The van der Waals surface area contributed by atoms with Crippen LogP contribution >= 0.6 is 0 Å². The number of aromatic nitrogens is 3. The van der Waals surface area contributed by atoms with Crippen LogP contribution in [0.5, 0.6) is 0 Å². The third kappa shape index (κ3) is 8.74. The van der Waals surface area contributed by atoms with Crippen molar-refractivity contribution < 1.29 is 18.6 Å². The number of nitrogens with two attached hydrogens (primary N) is 1. The average Bonchev–Trinajstić information content (AvgIpc) is 2.56. The second-order valence-corrected chi connectivity index (χ2v) is 6.39. The third-order valence-electron chi connectivity index (χ3n) is 2.89. The lowest BCUT2D eigenvalue weighted by Gasteiger charge is -2.21. The van der Waals surface area contributed by atoms with Gasteiger partial charge in [0.05, 0.1) is 13.2 Å². The predicted molar refractivity (Wildman–Crippen MR) is 94.6 cm³/mol. The fourth-order valence-corrected chi connectivity index (χ4v) is 2.21. The minimum absolute atomic E-state index is 0.0641. The van der Waals surface area contributed by atoms with Crippen LogP contribution in [0.4, 0.5) is 17.8 Å². The Kier molecular flexibility index (Phi) is 9.30. The lowest BCUT2D eigenvalue weighted by molar-refractivity contribution is 0.280. The molecule has 0 aromatic carbocycles. The Labute approximate surface area is 147 Å². The number of hydrogen-bond donors (Lipinski definition) is 6. The highest BCUT2D eigenvalue weighted by atomic mass is 32.2. The molecule has 12 nitrogen and oxygen atoms in total. The van der Waals surface area contributed by atoms with Gasteiger partial charge in [-0.2, -0.15) is 23.4 Å². The fourth-order valence-electron chi connectivity index (χ4n) is 1.82. The Balaban J connectivity index is 2.88. The van der Waals surface area contributed by atoms with E-state index in [0.29, 0.717) is 18.4 Å². The van der Waals surface area contributed by atoms with E-state index in [1.165, 1.54) is 0 Å². The molecule has 1 heterocycles. The maximum atomic E-state index is 10.8. The first kappa shape index (κ1) is 21.2. The van der Waals surface area contributed by atoms with Crippen molar-refractivity contribution in [2.45, 2.75) is 13.3 Å². The van der Waals surface area contributed by atoms with E-state index >= 15 is 0 Å². The summed E-state index contributed by atoms with van der Waals surface area (Å²) in [5.74, 6) is 0.869. The van der Waals surface area contributed by atoms with Crippen LogP contribution in [-0.4, -0.2) is 79.5 Å². The van der Waals surface area contributed by atoms with E-state index < -0.39 is 10.2 Å². The molecule has 0 amide bonds. The van der Waals surface area contributed by atoms with Gasteiger partial charge in [-0.1, -0.05) is 6.92 Å². The van der Waals surface area contributed by atoms with Gasteiger partial charge in [0.25, 0.3) is 10.2 Å². The molecule has 1 aromatic rings. The minimum Gasteiger partial charge on any atom is -0.395 e. The molecule has 0 aliphatic heterocycles. The minimum atomic E-state index is -3.75. The first-order valence-corrected chi connectivity index (χ1v) is 9.42. The molecule has 25 heavy (non-hydrogen) atoms. The number of aliphatic hydroxyl groups excluding tert-OH is 2. The van der Waals surface area contributed by atoms with E-state index in [4.69, 9.17) is 15.4 Å².